The summed E-state index contributed by atoms with van der Waals surface area (Å²) < 4.78 is 15.0. The average Bonchev–Trinajstić information content (AvgIpc) is 2.96. The molecule has 0 radical (unpaired) electrons. The lowest BCUT2D eigenvalue weighted by atomic mass is 10.2. The molecule has 1 heterocycles. The normalized spacial score (nSPS) is 10.7. The van der Waals surface area contributed by atoms with E-state index in [1.165, 1.54) is 12.1 Å². The molecule has 0 N–H and O–H groups in total. The second kappa shape index (κ2) is 6.31. The van der Waals surface area contributed by atoms with Gasteiger partial charge < -0.3 is 9.80 Å². The van der Waals surface area contributed by atoms with Crippen molar-refractivity contribution in [1.29, 1.82) is 0 Å². The Kier molecular flexibility index (Phi) is 4.20. The van der Waals surface area contributed by atoms with Crippen LogP contribution in [0.5, 0.6) is 0 Å². The first-order valence-electron chi connectivity index (χ1n) is 7.64. The number of rotatable bonds is 4. The Balaban J connectivity index is 1.92. The molecule has 0 spiro atoms. The van der Waals surface area contributed by atoms with E-state index in [9.17, 15) is 4.39 Å². The number of hydrogen-bond donors (Lipinski definition) is 0. The van der Waals surface area contributed by atoms with Gasteiger partial charge in [-0.15, -0.1) is 10.2 Å². The molecular weight excluding hydrogens is 305 g/mol. The molecule has 0 aliphatic carbocycles. The topological polar surface area (TPSA) is 37.2 Å². The summed E-state index contributed by atoms with van der Waals surface area (Å²) in [5.74, 6) is 1.21. The monoisotopic (exact) mass is 325 g/mol. The summed E-state index contributed by atoms with van der Waals surface area (Å²) >= 11 is 0. The first-order valence-corrected chi connectivity index (χ1v) is 7.64. The zero-order valence-corrected chi connectivity index (χ0v) is 14.2. The van der Waals surface area contributed by atoms with Crippen molar-refractivity contribution in [3.05, 3.63) is 54.3 Å². The highest BCUT2D eigenvalue weighted by Crippen LogP contribution is 2.26. The Hall–Kier alpha value is -2.89. The molecule has 1 aromatic heterocycles. The molecule has 3 rings (SSSR count). The van der Waals surface area contributed by atoms with Gasteiger partial charge in [0.1, 0.15) is 5.82 Å². The average molecular weight is 325 g/mol. The van der Waals surface area contributed by atoms with E-state index in [4.69, 9.17) is 0 Å². The van der Waals surface area contributed by atoms with Crippen LogP contribution < -0.4 is 9.80 Å². The zero-order chi connectivity index (χ0) is 17.3. The summed E-state index contributed by atoms with van der Waals surface area (Å²) in [5.41, 5.74) is 2.97. The van der Waals surface area contributed by atoms with Gasteiger partial charge in [0.2, 0.25) is 5.95 Å². The fraction of sp³-hybridized carbons (Fsp3) is 0.222. The van der Waals surface area contributed by atoms with Crippen LogP contribution in [0.3, 0.4) is 0 Å². The third kappa shape index (κ3) is 2.95. The summed E-state index contributed by atoms with van der Waals surface area (Å²) in [6, 6.07) is 14.5. The van der Waals surface area contributed by atoms with Gasteiger partial charge >= 0.3 is 0 Å². The molecule has 6 heteroatoms. The summed E-state index contributed by atoms with van der Waals surface area (Å²) in [6.45, 7) is 0. The van der Waals surface area contributed by atoms with Crippen LogP contribution in [0.2, 0.25) is 0 Å². The number of nitrogens with zero attached hydrogens (tertiary/aromatic N) is 5. The standard InChI is InChI=1S/C18H20FN5/c1-22(2)15-9-5-13(6-10-15)17-20-21-18(24(17)4)23(3)16-11-7-14(19)8-12-16/h5-12H,1-4H3. The SMILES string of the molecule is CN(C)c1ccc(-c2nnc(N(C)c3ccc(F)cc3)n2C)cc1. The number of benzene rings is 2. The van der Waals surface area contributed by atoms with Gasteiger partial charge in [-0.2, -0.15) is 0 Å². The predicted molar refractivity (Wildman–Crippen MR) is 95.2 cm³/mol. The number of aromatic nitrogens is 3. The van der Waals surface area contributed by atoms with E-state index >= 15 is 0 Å². The van der Waals surface area contributed by atoms with Crippen molar-refractivity contribution in [2.24, 2.45) is 7.05 Å². The van der Waals surface area contributed by atoms with E-state index < -0.39 is 0 Å². The molecule has 0 saturated carbocycles. The fourth-order valence-electron chi connectivity index (χ4n) is 2.55. The molecule has 3 aromatic rings. The minimum absolute atomic E-state index is 0.258. The molecule has 0 aliphatic rings. The molecule has 0 bridgehead atoms. The Morgan fingerprint density at radius 1 is 0.833 bits per heavy atom. The lowest BCUT2D eigenvalue weighted by Gasteiger charge is -2.18. The zero-order valence-electron chi connectivity index (χ0n) is 14.2. The van der Waals surface area contributed by atoms with Crippen LogP contribution in [0.25, 0.3) is 11.4 Å². The molecule has 0 saturated heterocycles. The molecule has 5 nitrogen and oxygen atoms in total. The van der Waals surface area contributed by atoms with Crippen LogP contribution in [0.4, 0.5) is 21.7 Å². The van der Waals surface area contributed by atoms with E-state index in [1.807, 2.05) is 66.8 Å². The van der Waals surface area contributed by atoms with E-state index in [-0.39, 0.29) is 5.82 Å². The maximum atomic E-state index is 13.1. The Labute approximate surface area is 141 Å². The summed E-state index contributed by atoms with van der Waals surface area (Å²) in [5, 5.41) is 8.59. The molecule has 0 amide bonds. The predicted octanol–water partition coefficient (Wildman–Crippen LogP) is 3.46. The van der Waals surface area contributed by atoms with Crippen molar-refractivity contribution in [3.63, 3.8) is 0 Å². The minimum atomic E-state index is -0.258. The van der Waals surface area contributed by atoms with Crippen molar-refractivity contribution >= 4 is 17.3 Å². The summed E-state index contributed by atoms with van der Waals surface area (Å²) in [7, 11) is 7.82. The molecule has 0 fully saturated rings. The van der Waals surface area contributed by atoms with Crippen molar-refractivity contribution in [1.82, 2.24) is 14.8 Å². The van der Waals surface area contributed by atoms with Crippen LogP contribution in [0.15, 0.2) is 48.5 Å². The first-order chi connectivity index (χ1) is 11.5. The highest BCUT2D eigenvalue weighted by molar-refractivity contribution is 5.64. The van der Waals surface area contributed by atoms with Gasteiger partial charge in [0.15, 0.2) is 5.82 Å². The van der Waals surface area contributed by atoms with Gasteiger partial charge in [-0.1, -0.05) is 0 Å². The first kappa shape index (κ1) is 16.0. The van der Waals surface area contributed by atoms with Crippen molar-refractivity contribution in [3.8, 4) is 11.4 Å². The Bertz CT molecular complexity index is 822. The molecule has 2 aromatic carbocycles. The number of halogens is 1. The quantitative estimate of drug-likeness (QED) is 0.736. The molecule has 0 unspecified atom stereocenters. The van der Waals surface area contributed by atoms with E-state index in [0.717, 1.165) is 22.8 Å². The highest BCUT2D eigenvalue weighted by Gasteiger charge is 2.15. The Morgan fingerprint density at radius 3 is 2.00 bits per heavy atom. The smallest absolute Gasteiger partial charge is 0.231 e. The van der Waals surface area contributed by atoms with Crippen molar-refractivity contribution in [2.45, 2.75) is 0 Å². The summed E-state index contributed by atoms with van der Waals surface area (Å²) in [4.78, 5) is 3.93. The second-order valence-corrected chi connectivity index (χ2v) is 5.86. The maximum Gasteiger partial charge on any atom is 0.231 e. The third-order valence-electron chi connectivity index (χ3n) is 4.01. The van der Waals surface area contributed by atoms with Gasteiger partial charge in [-0.05, 0) is 48.5 Å². The molecular formula is C18H20FN5. The van der Waals surface area contributed by atoms with Crippen LogP contribution in [0.1, 0.15) is 0 Å². The van der Waals surface area contributed by atoms with Gasteiger partial charge in [0, 0.05) is 45.1 Å². The number of hydrogen-bond acceptors (Lipinski definition) is 4. The Morgan fingerprint density at radius 2 is 1.42 bits per heavy atom. The summed E-state index contributed by atoms with van der Waals surface area (Å²) in [6.07, 6.45) is 0. The van der Waals surface area contributed by atoms with Crippen molar-refractivity contribution in [2.75, 3.05) is 30.9 Å². The van der Waals surface area contributed by atoms with Crippen LogP contribution in [-0.4, -0.2) is 35.9 Å². The lowest BCUT2D eigenvalue weighted by Crippen LogP contribution is -2.14. The van der Waals surface area contributed by atoms with Gasteiger partial charge in [-0.25, -0.2) is 4.39 Å². The molecule has 24 heavy (non-hydrogen) atoms. The highest BCUT2D eigenvalue weighted by atomic mass is 19.1. The van der Waals surface area contributed by atoms with Crippen LogP contribution in [0, 0.1) is 5.82 Å². The van der Waals surface area contributed by atoms with Crippen LogP contribution >= 0.6 is 0 Å². The number of anilines is 3. The van der Waals surface area contributed by atoms with Gasteiger partial charge in [-0.3, -0.25) is 4.57 Å². The van der Waals surface area contributed by atoms with Crippen molar-refractivity contribution < 1.29 is 4.39 Å². The fourth-order valence-corrected chi connectivity index (χ4v) is 2.55. The maximum absolute atomic E-state index is 13.1. The second-order valence-electron chi connectivity index (χ2n) is 5.86. The van der Waals surface area contributed by atoms with E-state index in [1.54, 1.807) is 12.1 Å². The van der Waals surface area contributed by atoms with Crippen LogP contribution in [-0.2, 0) is 7.05 Å². The van der Waals surface area contributed by atoms with E-state index in [2.05, 4.69) is 10.2 Å². The van der Waals surface area contributed by atoms with Gasteiger partial charge in [0.05, 0.1) is 0 Å². The lowest BCUT2D eigenvalue weighted by molar-refractivity contribution is 0.628. The van der Waals surface area contributed by atoms with Gasteiger partial charge in [0.25, 0.3) is 0 Å². The van der Waals surface area contributed by atoms with E-state index in [0.29, 0.717) is 5.95 Å². The minimum Gasteiger partial charge on any atom is -0.378 e. The molecule has 0 atom stereocenters. The largest absolute Gasteiger partial charge is 0.378 e. The molecule has 124 valence electrons. The molecule has 0 aliphatic heterocycles. The third-order valence-corrected chi connectivity index (χ3v) is 4.01.